The number of pyridine rings is 1. The van der Waals surface area contributed by atoms with Gasteiger partial charge in [0.15, 0.2) is 0 Å². The van der Waals surface area contributed by atoms with E-state index >= 15 is 0 Å². The van der Waals surface area contributed by atoms with Gasteiger partial charge in [0.2, 0.25) is 10.0 Å². The van der Waals surface area contributed by atoms with Crippen LogP contribution in [-0.2, 0) is 10.0 Å². The molecule has 0 fully saturated rings. The van der Waals surface area contributed by atoms with Crippen molar-refractivity contribution in [1.82, 2.24) is 9.29 Å². The van der Waals surface area contributed by atoms with Crippen LogP contribution in [0, 0.1) is 13.8 Å². The number of ether oxygens (including phenoxy) is 1. The van der Waals surface area contributed by atoms with Crippen LogP contribution in [0.2, 0.25) is 0 Å². The molecule has 0 bridgehead atoms. The number of benzene rings is 2. The Morgan fingerprint density at radius 1 is 1.00 bits per heavy atom. The van der Waals surface area contributed by atoms with Crippen molar-refractivity contribution in [2.75, 3.05) is 20.2 Å². The van der Waals surface area contributed by atoms with Crippen molar-refractivity contribution < 1.29 is 13.2 Å². The van der Waals surface area contributed by atoms with E-state index in [-0.39, 0.29) is 18.0 Å². The number of nitrogens with zero attached hydrogens (tertiary/aromatic N) is 2. The predicted octanol–water partition coefficient (Wildman–Crippen LogP) is 3.55. The number of hydrogen-bond acceptors (Lipinski definition) is 4. The van der Waals surface area contributed by atoms with Gasteiger partial charge in [0.05, 0.1) is 10.4 Å². The summed E-state index contributed by atoms with van der Waals surface area (Å²) < 4.78 is 33.1. The number of aryl methyl sites for hydroxylation is 2. The Hall–Kier alpha value is -2.44. The molecule has 5 nitrogen and oxygen atoms in total. The number of fused-ring (bicyclic) bond motifs is 1. The molecule has 0 aliphatic carbocycles. The molecule has 0 spiro atoms. The molecule has 26 heavy (non-hydrogen) atoms. The number of para-hydroxylation sites is 1. The predicted molar refractivity (Wildman–Crippen MR) is 103 cm³/mol. The van der Waals surface area contributed by atoms with Gasteiger partial charge in [-0.15, -0.1) is 0 Å². The van der Waals surface area contributed by atoms with Gasteiger partial charge in [-0.2, -0.15) is 4.31 Å². The molecule has 0 aliphatic rings. The largest absolute Gasteiger partial charge is 0.492 e. The van der Waals surface area contributed by atoms with Gasteiger partial charge in [-0.3, -0.25) is 4.98 Å². The van der Waals surface area contributed by atoms with Gasteiger partial charge in [0.1, 0.15) is 12.4 Å². The molecule has 3 rings (SSSR count). The van der Waals surface area contributed by atoms with Crippen LogP contribution in [0.25, 0.3) is 10.9 Å². The van der Waals surface area contributed by atoms with E-state index in [1.807, 2.05) is 38.1 Å². The normalized spacial score (nSPS) is 11.8. The van der Waals surface area contributed by atoms with Gasteiger partial charge in [-0.05, 0) is 49.2 Å². The van der Waals surface area contributed by atoms with Crippen LogP contribution in [0.1, 0.15) is 11.1 Å². The topological polar surface area (TPSA) is 59.5 Å². The van der Waals surface area contributed by atoms with E-state index < -0.39 is 10.0 Å². The molecule has 0 aliphatic heterocycles. The maximum atomic E-state index is 13.0. The van der Waals surface area contributed by atoms with Gasteiger partial charge >= 0.3 is 0 Å². The molecule has 0 saturated heterocycles. The fourth-order valence-electron chi connectivity index (χ4n) is 2.80. The quantitative estimate of drug-likeness (QED) is 0.666. The third kappa shape index (κ3) is 3.57. The summed E-state index contributed by atoms with van der Waals surface area (Å²) in [5, 5.41) is 0.638. The molecule has 3 aromatic rings. The molecule has 136 valence electrons. The average Bonchev–Trinajstić information content (AvgIpc) is 2.63. The fourth-order valence-corrected chi connectivity index (χ4v) is 4.14. The van der Waals surface area contributed by atoms with E-state index in [1.165, 1.54) is 4.31 Å². The van der Waals surface area contributed by atoms with Crippen LogP contribution >= 0.6 is 0 Å². The maximum absolute atomic E-state index is 13.0. The zero-order chi connectivity index (χ0) is 18.7. The standard InChI is InChI=1S/C20H22N2O3S/c1-15-7-4-5-9-18(15)25-14-13-22(3)26(23,24)19-11-10-16(2)20-17(19)8-6-12-21-20/h4-12H,13-14H2,1-3H3. The minimum atomic E-state index is -3.63. The molecule has 2 aromatic carbocycles. The molecule has 0 atom stereocenters. The highest BCUT2D eigenvalue weighted by atomic mass is 32.2. The molecule has 6 heteroatoms. The average molecular weight is 370 g/mol. The monoisotopic (exact) mass is 370 g/mol. The Labute approximate surface area is 154 Å². The number of likely N-dealkylation sites (N-methyl/N-ethyl adjacent to an activating group) is 1. The van der Waals surface area contributed by atoms with Crippen molar-refractivity contribution in [2.24, 2.45) is 0 Å². The van der Waals surface area contributed by atoms with E-state index in [0.717, 1.165) is 16.9 Å². The second kappa shape index (κ2) is 7.43. The first kappa shape index (κ1) is 18.4. The second-order valence-corrected chi connectivity index (χ2v) is 8.23. The molecule has 1 aromatic heterocycles. The Morgan fingerprint density at radius 3 is 2.54 bits per heavy atom. The number of hydrogen-bond donors (Lipinski definition) is 0. The van der Waals surface area contributed by atoms with Gasteiger partial charge in [0.25, 0.3) is 0 Å². The van der Waals surface area contributed by atoms with Crippen molar-refractivity contribution in [2.45, 2.75) is 18.7 Å². The van der Waals surface area contributed by atoms with Crippen LogP contribution in [0.4, 0.5) is 0 Å². The van der Waals surface area contributed by atoms with E-state index in [1.54, 1.807) is 37.5 Å². The second-order valence-electron chi connectivity index (χ2n) is 6.22. The Balaban J connectivity index is 1.80. The molecule has 1 heterocycles. The minimum absolute atomic E-state index is 0.256. The molecular weight excluding hydrogens is 348 g/mol. The van der Waals surface area contributed by atoms with Crippen LogP contribution in [0.5, 0.6) is 5.75 Å². The summed E-state index contributed by atoms with van der Waals surface area (Å²) in [6.07, 6.45) is 1.67. The smallest absolute Gasteiger partial charge is 0.243 e. The molecule has 0 unspecified atom stereocenters. The lowest BCUT2D eigenvalue weighted by Gasteiger charge is -2.19. The summed E-state index contributed by atoms with van der Waals surface area (Å²) in [6.45, 7) is 4.42. The first-order valence-electron chi connectivity index (χ1n) is 8.40. The number of rotatable bonds is 6. The molecular formula is C20H22N2O3S. The Kier molecular flexibility index (Phi) is 5.25. The van der Waals surface area contributed by atoms with Gasteiger partial charge < -0.3 is 4.74 Å². The molecule has 0 saturated carbocycles. The summed E-state index contributed by atoms with van der Waals surface area (Å²) >= 11 is 0. The highest BCUT2D eigenvalue weighted by molar-refractivity contribution is 7.89. The van der Waals surface area contributed by atoms with Gasteiger partial charge in [-0.25, -0.2) is 8.42 Å². The maximum Gasteiger partial charge on any atom is 0.243 e. The first-order chi connectivity index (χ1) is 12.4. The van der Waals surface area contributed by atoms with Crippen molar-refractivity contribution in [3.63, 3.8) is 0 Å². The summed E-state index contributed by atoms with van der Waals surface area (Å²) in [5.41, 5.74) is 2.68. The third-order valence-corrected chi connectivity index (χ3v) is 6.29. The third-order valence-electron chi connectivity index (χ3n) is 4.38. The lowest BCUT2D eigenvalue weighted by atomic mass is 10.1. The van der Waals surface area contributed by atoms with Crippen LogP contribution < -0.4 is 4.74 Å². The first-order valence-corrected chi connectivity index (χ1v) is 9.84. The molecule has 0 radical (unpaired) electrons. The van der Waals surface area contributed by atoms with E-state index in [2.05, 4.69) is 4.98 Å². The van der Waals surface area contributed by atoms with Gasteiger partial charge in [0, 0.05) is 25.2 Å². The molecule has 0 N–H and O–H groups in total. The van der Waals surface area contributed by atoms with Crippen LogP contribution in [-0.4, -0.2) is 37.9 Å². The zero-order valence-electron chi connectivity index (χ0n) is 15.1. The van der Waals surface area contributed by atoms with Crippen molar-refractivity contribution in [1.29, 1.82) is 0 Å². The number of aromatic nitrogens is 1. The summed E-state index contributed by atoms with van der Waals surface area (Å²) in [7, 11) is -2.07. The SMILES string of the molecule is Cc1ccccc1OCCN(C)S(=O)(=O)c1ccc(C)c2ncccc12. The summed E-state index contributed by atoms with van der Waals surface area (Å²) in [4.78, 5) is 4.59. The van der Waals surface area contributed by atoms with Crippen molar-refractivity contribution >= 4 is 20.9 Å². The minimum Gasteiger partial charge on any atom is -0.492 e. The Morgan fingerprint density at radius 2 is 1.77 bits per heavy atom. The summed E-state index contributed by atoms with van der Waals surface area (Å²) in [6, 6.07) is 14.7. The van der Waals surface area contributed by atoms with Gasteiger partial charge in [-0.1, -0.05) is 24.3 Å². The highest BCUT2D eigenvalue weighted by Crippen LogP contribution is 2.26. The van der Waals surface area contributed by atoms with Crippen molar-refractivity contribution in [3.05, 3.63) is 65.9 Å². The lowest BCUT2D eigenvalue weighted by Crippen LogP contribution is -2.31. The van der Waals surface area contributed by atoms with E-state index in [4.69, 9.17) is 4.74 Å². The van der Waals surface area contributed by atoms with E-state index in [0.29, 0.717) is 10.9 Å². The van der Waals surface area contributed by atoms with Crippen molar-refractivity contribution in [3.8, 4) is 5.75 Å². The van der Waals surface area contributed by atoms with Crippen LogP contribution in [0.3, 0.4) is 0 Å². The highest BCUT2D eigenvalue weighted by Gasteiger charge is 2.23. The molecule has 0 amide bonds. The van der Waals surface area contributed by atoms with E-state index in [9.17, 15) is 8.42 Å². The summed E-state index contributed by atoms with van der Waals surface area (Å²) in [5.74, 6) is 0.767. The van der Waals surface area contributed by atoms with Crippen LogP contribution in [0.15, 0.2) is 59.6 Å². The Bertz CT molecular complexity index is 1030. The fraction of sp³-hybridized carbons (Fsp3) is 0.250. The number of sulfonamides is 1. The lowest BCUT2D eigenvalue weighted by molar-refractivity contribution is 0.285. The zero-order valence-corrected chi connectivity index (χ0v) is 16.0.